The molecular weight excluding hydrogens is 309 g/mol. The van der Waals surface area contributed by atoms with Gasteiger partial charge in [-0.3, -0.25) is 14.7 Å². The highest BCUT2D eigenvalue weighted by atomic mass is 19.1. The van der Waals surface area contributed by atoms with Crippen molar-refractivity contribution in [3.63, 3.8) is 0 Å². The molecule has 1 aromatic heterocycles. The van der Waals surface area contributed by atoms with Crippen molar-refractivity contribution >= 4 is 22.8 Å². The number of urea groups is 1. The topological polar surface area (TPSA) is 62.3 Å². The van der Waals surface area contributed by atoms with Gasteiger partial charge < -0.3 is 5.32 Å². The molecule has 1 saturated heterocycles. The average Bonchev–Trinajstić information content (AvgIpc) is 2.82. The fourth-order valence-corrected chi connectivity index (χ4v) is 3.81. The molecule has 2 aromatic rings. The monoisotopic (exact) mass is 327 g/mol. The third-order valence-electron chi connectivity index (χ3n) is 5.08. The molecule has 2 fully saturated rings. The van der Waals surface area contributed by atoms with Crippen molar-refractivity contribution < 1.29 is 14.0 Å². The van der Waals surface area contributed by atoms with Crippen LogP contribution in [0.2, 0.25) is 0 Å². The van der Waals surface area contributed by atoms with Gasteiger partial charge in [0.05, 0.1) is 12.1 Å². The van der Waals surface area contributed by atoms with Crippen LogP contribution in [0.25, 0.3) is 10.9 Å². The van der Waals surface area contributed by atoms with Gasteiger partial charge in [0.1, 0.15) is 11.4 Å². The van der Waals surface area contributed by atoms with Crippen molar-refractivity contribution in [3.8, 4) is 0 Å². The van der Waals surface area contributed by atoms with Gasteiger partial charge >= 0.3 is 6.03 Å². The molecule has 1 spiro atoms. The number of hydrogen-bond donors (Lipinski definition) is 1. The minimum absolute atomic E-state index is 0.111. The van der Waals surface area contributed by atoms with Crippen molar-refractivity contribution in [2.24, 2.45) is 0 Å². The van der Waals surface area contributed by atoms with Crippen LogP contribution in [0, 0.1) is 5.82 Å². The average molecular weight is 327 g/mol. The van der Waals surface area contributed by atoms with E-state index < -0.39 is 5.54 Å². The molecule has 0 atom stereocenters. The lowest BCUT2D eigenvalue weighted by Crippen LogP contribution is -2.48. The van der Waals surface area contributed by atoms with Crippen LogP contribution in [0.1, 0.15) is 37.7 Å². The Hall–Kier alpha value is -2.50. The van der Waals surface area contributed by atoms with Gasteiger partial charge in [0, 0.05) is 11.6 Å². The largest absolute Gasteiger partial charge is 0.325 e. The van der Waals surface area contributed by atoms with Crippen LogP contribution < -0.4 is 5.32 Å². The maximum absolute atomic E-state index is 13.9. The first kappa shape index (κ1) is 15.1. The molecule has 24 heavy (non-hydrogen) atoms. The molecule has 1 N–H and O–H groups in total. The Bertz CT molecular complexity index is 830. The molecular formula is C18H18FN3O2. The van der Waals surface area contributed by atoms with E-state index in [4.69, 9.17) is 0 Å². The third-order valence-corrected chi connectivity index (χ3v) is 5.08. The Labute approximate surface area is 138 Å². The molecule has 2 aliphatic rings. The van der Waals surface area contributed by atoms with Crippen molar-refractivity contribution in [3.05, 3.63) is 41.8 Å². The van der Waals surface area contributed by atoms with Crippen LogP contribution in [-0.2, 0) is 11.3 Å². The van der Waals surface area contributed by atoms with Crippen LogP contribution in [0.4, 0.5) is 9.18 Å². The Morgan fingerprint density at radius 3 is 2.75 bits per heavy atom. The molecule has 4 rings (SSSR count). The van der Waals surface area contributed by atoms with Crippen LogP contribution in [0.15, 0.2) is 30.5 Å². The van der Waals surface area contributed by atoms with Gasteiger partial charge in [-0.1, -0.05) is 25.3 Å². The van der Waals surface area contributed by atoms with E-state index in [2.05, 4.69) is 10.3 Å². The minimum Gasteiger partial charge on any atom is -0.323 e. The number of pyridine rings is 1. The number of imide groups is 1. The second-order valence-electron chi connectivity index (χ2n) is 6.57. The zero-order valence-electron chi connectivity index (χ0n) is 13.2. The number of carbonyl (C=O) groups excluding carboxylic acids is 2. The van der Waals surface area contributed by atoms with Gasteiger partial charge in [-0.05, 0) is 36.6 Å². The maximum Gasteiger partial charge on any atom is 0.325 e. The van der Waals surface area contributed by atoms with E-state index in [0.29, 0.717) is 29.3 Å². The summed E-state index contributed by atoms with van der Waals surface area (Å²) in [7, 11) is 0. The molecule has 0 unspecified atom stereocenters. The van der Waals surface area contributed by atoms with Crippen molar-refractivity contribution in [2.45, 2.75) is 44.2 Å². The summed E-state index contributed by atoms with van der Waals surface area (Å²) in [6, 6.07) is 5.90. The number of nitrogens with zero attached hydrogens (tertiary/aromatic N) is 2. The van der Waals surface area contributed by atoms with E-state index in [1.807, 2.05) is 0 Å². The minimum atomic E-state index is -0.738. The molecule has 124 valence electrons. The molecule has 1 aromatic carbocycles. The molecule has 1 aliphatic carbocycles. The van der Waals surface area contributed by atoms with Gasteiger partial charge in [0.15, 0.2) is 0 Å². The van der Waals surface area contributed by atoms with Crippen molar-refractivity contribution in [1.29, 1.82) is 0 Å². The summed E-state index contributed by atoms with van der Waals surface area (Å²) < 4.78 is 13.9. The second-order valence-corrected chi connectivity index (χ2v) is 6.57. The molecule has 1 saturated carbocycles. The fraction of sp³-hybridized carbons (Fsp3) is 0.389. The summed E-state index contributed by atoms with van der Waals surface area (Å²) in [5.41, 5.74) is 0.421. The Morgan fingerprint density at radius 1 is 1.17 bits per heavy atom. The first-order valence-corrected chi connectivity index (χ1v) is 8.27. The lowest BCUT2D eigenvalue weighted by Gasteiger charge is -2.30. The third kappa shape index (κ3) is 2.25. The molecule has 1 aliphatic heterocycles. The summed E-state index contributed by atoms with van der Waals surface area (Å²) in [4.78, 5) is 30.7. The molecule has 5 nitrogen and oxygen atoms in total. The summed E-state index contributed by atoms with van der Waals surface area (Å²) >= 11 is 0. The second kappa shape index (κ2) is 5.54. The zero-order valence-corrected chi connectivity index (χ0v) is 13.2. The molecule has 0 bridgehead atoms. The van der Waals surface area contributed by atoms with E-state index in [9.17, 15) is 14.0 Å². The number of rotatable bonds is 2. The first-order chi connectivity index (χ1) is 11.6. The SMILES string of the molecule is O=C1NC2(CCCCC2)C(=O)N1Cc1ccc(F)c2cccnc12. The van der Waals surface area contributed by atoms with Crippen molar-refractivity contribution in [1.82, 2.24) is 15.2 Å². The van der Waals surface area contributed by atoms with Crippen LogP contribution in [0.5, 0.6) is 0 Å². The van der Waals surface area contributed by atoms with Gasteiger partial charge in [-0.15, -0.1) is 0 Å². The zero-order chi connectivity index (χ0) is 16.7. The summed E-state index contributed by atoms with van der Waals surface area (Å²) in [6.45, 7) is 0.111. The number of benzene rings is 1. The number of nitrogens with one attached hydrogen (secondary N) is 1. The standard InChI is InChI=1S/C18H18FN3O2/c19-14-7-6-12(15-13(14)5-4-10-20-15)11-22-16(23)18(21-17(22)24)8-2-1-3-9-18/h4-7,10H,1-3,8-9,11H2,(H,21,24). The lowest BCUT2D eigenvalue weighted by molar-refractivity contribution is -0.132. The Balaban J connectivity index is 1.67. The predicted molar refractivity (Wildman–Crippen MR) is 86.6 cm³/mol. The lowest BCUT2D eigenvalue weighted by atomic mass is 9.82. The maximum atomic E-state index is 13.9. The van der Waals surface area contributed by atoms with E-state index in [0.717, 1.165) is 19.3 Å². The van der Waals surface area contributed by atoms with E-state index in [1.165, 1.54) is 11.0 Å². The van der Waals surface area contributed by atoms with E-state index in [-0.39, 0.29) is 24.3 Å². The summed E-state index contributed by atoms with van der Waals surface area (Å²) in [5, 5.41) is 3.29. The molecule has 6 heteroatoms. The number of hydrogen-bond acceptors (Lipinski definition) is 3. The van der Waals surface area contributed by atoms with Crippen molar-refractivity contribution in [2.75, 3.05) is 0 Å². The van der Waals surface area contributed by atoms with E-state index >= 15 is 0 Å². The van der Waals surface area contributed by atoms with Crippen LogP contribution >= 0.6 is 0 Å². The highest BCUT2D eigenvalue weighted by molar-refractivity contribution is 6.07. The first-order valence-electron chi connectivity index (χ1n) is 8.27. The van der Waals surface area contributed by atoms with Crippen LogP contribution in [0.3, 0.4) is 0 Å². The predicted octanol–water partition coefficient (Wildman–Crippen LogP) is 3.13. The number of fused-ring (bicyclic) bond motifs is 1. The smallest absolute Gasteiger partial charge is 0.323 e. The Morgan fingerprint density at radius 2 is 1.96 bits per heavy atom. The summed E-state index contributed by atoms with van der Waals surface area (Å²) in [6.07, 6.45) is 5.95. The van der Waals surface area contributed by atoms with Gasteiger partial charge in [0.2, 0.25) is 0 Å². The summed E-state index contributed by atoms with van der Waals surface area (Å²) in [5.74, 6) is -0.525. The highest BCUT2D eigenvalue weighted by Crippen LogP contribution is 2.34. The van der Waals surface area contributed by atoms with Gasteiger partial charge in [0.25, 0.3) is 5.91 Å². The van der Waals surface area contributed by atoms with E-state index in [1.54, 1.807) is 24.4 Å². The fourth-order valence-electron chi connectivity index (χ4n) is 3.81. The van der Waals surface area contributed by atoms with Gasteiger partial charge in [-0.25, -0.2) is 9.18 Å². The Kier molecular flexibility index (Phi) is 3.48. The van der Waals surface area contributed by atoms with Gasteiger partial charge in [-0.2, -0.15) is 0 Å². The van der Waals surface area contributed by atoms with Crippen LogP contribution in [-0.4, -0.2) is 27.4 Å². The quantitative estimate of drug-likeness (QED) is 0.862. The highest BCUT2D eigenvalue weighted by Gasteiger charge is 2.51. The molecule has 3 amide bonds. The number of halogens is 1. The number of amides is 3. The normalized spacial score (nSPS) is 20.0. The number of aromatic nitrogens is 1. The molecule has 0 radical (unpaired) electrons. The number of carbonyl (C=O) groups is 2. The molecule has 2 heterocycles.